The number of aromatic nitrogens is 3. The average Bonchev–Trinajstić information content (AvgIpc) is 1.44. The highest BCUT2D eigenvalue weighted by Crippen LogP contribution is 2.69. The van der Waals surface area contributed by atoms with E-state index < -0.39 is 68.1 Å². The van der Waals surface area contributed by atoms with Gasteiger partial charge in [-0.2, -0.15) is 0 Å². The van der Waals surface area contributed by atoms with Crippen LogP contribution in [-0.2, 0) is 56.5 Å². The molecular formula is C62H90N10O11SSi2. The number of esters is 1. The molecule has 2 aromatic carbocycles. The highest BCUT2D eigenvalue weighted by atomic mass is 32.2. The summed E-state index contributed by atoms with van der Waals surface area (Å²) in [5.74, 6) is -0.701. The number of benzene rings is 2. The van der Waals surface area contributed by atoms with Gasteiger partial charge in [-0.05, 0) is 124 Å². The molecule has 86 heavy (non-hydrogen) atoms. The highest BCUT2D eigenvalue weighted by Gasteiger charge is 2.79. The predicted octanol–water partition coefficient (Wildman–Crippen LogP) is 7.16. The van der Waals surface area contributed by atoms with Crippen LogP contribution in [0.25, 0.3) is 21.3 Å². The van der Waals surface area contributed by atoms with E-state index in [0.717, 1.165) is 50.4 Å². The molecule has 1 aliphatic carbocycles. The van der Waals surface area contributed by atoms with Crippen molar-refractivity contribution in [3.05, 3.63) is 99.3 Å². The molecule has 24 heteroatoms. The number of piperidine rings is 1. The highest BCUT2D eigenvalue weighted by molar-refractivity contribution is 8.00. The van der Waals surface area contributed by atoms with E-state index in [0.29, 0.717) is 140 Å². The molecule has 10 atom stereocenters. The first-order valence-electron chi connectivity index (χ1n) is 30.8. The summed E-state index contributed by atoms with van der Waals surface area (Å²) in [5.41, 5.74) is 7.26. The number of aromatic amines is 1. The van der Waals surface area contributed by atoms with Gasteiger partial charge in [0.25, 0.3) is 5.91 Å². The van der Waals surface area contributed by atoms with Gasteiger partial charge in [0.2, 0.25) is 0 Å². The lowest BCUT2D eigenvalue weighted by molar-refractivity contribution is -0.203. The summed E-state index contributed by atoms with van der Waals surface area (Å²) in [7, 11) is 0.446. The number of hydrogen-bond acceptors (Lipinski definition) is 18. The Labute approximate surface area is 512 Å². The molecule has 468 valence electrons. The van der Waals surface area contributed by atoms with Crippen molar-refractivity contribution < 1.29 is 52.7 Å². The summed E-state index contributed by atoms with van der Waals surface area (Å²) in [6.45, 7) is 19.0. The van der Waals surface area contributed by atoms with E-state index in [2.05, 4.69) is 90.6 Å². The maximum Gasteiger partial charge on any atom is 0.322 e. The number of likely N-dealkylation sites (N-methyl/N-ethyl adjacent to an activating group) is 1. The molecule has 2 unspecified atom stereocenters. The maximum atomic E-state index is 15.9. The second-order valence-corrected chi connectivity index (χ2v) is 36.2. The Morgan fingerprint density at radius 1 is 0.965 bits per heavy atom. The van der Waals surface area contributed by atoms with E-state index in [-0.39, 0.29) is 18.5 Å². The Morgan fingerprint density at radius 3 is 2.43 bits per heavy atom. The number of ether oxygens (including phenoxy) is 5. The molecule has 3 fully saturated rings. The molecule has 0 radical (unpaired) electrons. The van der Waals surface area contributed by atoms with Crippen LogP contribution >= 0.6 is 11.8 Å². The van der Waals surface area contributed by atoms with Crippen LogP contribution in [0.5, 0.6) is 5.75 Å². The number of aliphatic hydroxyl groups is 3. The number of fused-ring (bicyclic) bond motifs is 6. The summed E-state index contributed by atoms with van der Waals surface area (Å²) in [6, 6.07) is 11.6. The van der Waals surface area contributed by atoms with Crippen molar-refractivity contribution in [1.29, 1.82) is 0 Å². The summed E-state index contributed by atoms with van der Waals surface area (Å²) in [6.07, 6.45) is 9.76. The number of carbonyl (C=O) groups excluding carboxylic acids is 2. The van der Waals surface area contributed by atoms with Crippen LogP contribution in [-0.4, -0.2) is 203 Å². The van der Waals surface area contributed by atoms with E-state index >= 15 is 9.59 Å². The van der Waals surface area contributed by atoms with Crippen molar-refractivity contribution in [2.75, 3.05) is 110 Å². The van der Waals surface area contributed by atoms with Crippen LogP contribution in [0.2, 0.25) is 32.2 Å². The number of nitrogens with zero attached hydrogens (tertiary/aromatic N) is 8. The minimum atomic E-state index is -2.35. The molecule has 1 saturated carbocycles. The summed E-state index contributed by atoms with van der Waals surface area (Å²) in [4.78, 5) is 54.1. The Morgan fingerprint density at radius 2 is 1.71 bits per heavy atom. The molecule has 7 heterocycles. The zero-order valence-corrected chi connectivity index (χ0v) is 54.5. The number of rotatable bonds is 26. The largest absolute Gasteiger partial charge is 0.497 e. The van der Waals surface area contributed by atoms with Gasteiger partial charge in [-0.3, -0.25) is 19.4 Å². The maximum absolute atomic E-state index is 15.9. The SMILES string of the molecule is CC[C@]1(O)C[C@@H]2CN(CCc3c([nH]c4ccccc34)C(C(=O)OC)(c3cc(OC)cc4c3[C@@]35CCN6CC=C[C@@](CC)([C@@H](O)[C@](O)(C(=O)NCCC[Si](C)(C)O[Si](C)(C)CSc7ncc(COCCOCCOCCN=[N+]=[N-])cn7)[C@@H]3N4C)[C@H]65)C2)C1. The van der Waals surface area contributed by atoms with Gasteiger partial charge in [0.15, 0.2) is 27.4 Å². The minimum Gasteiger partial charge on any atom is -0.497 e. The summed E-state index contributed by atoms with van der Waals surface area (Å²) in [5, 5.41) is 48.6. The van der Waals surface area contributed by atoms with Gasteiger partial charge in [-0.15, -0.1) is 0 Å². The molecule has 2 aromatic heterocycles. The molecule has 1 amide bonds. The Hall–Kier alpha value is -4.93. The molecule has 2 saturated heterocycles. The van der Waals surface area contributed by atoms with Crippen LogP contribution in [0.4, 0.5) is 5.69 Å². The van der Waals surface area contributed by atoms with Crippen LogP contribution in [0, 0.1) is 11.3 Å². The van der Waals surface area contributed by atoms with E-state index in [4.69, 9.17) is 33.3 Å². The van der Waals surface area contributed by atoms with E-state index in [1.54, 1.807) is 31.3 Å². The monoisotopic (exact) mass is 1240 g/mol. The van der Waals surface area contributed by atoms with Crippen molar-refractivity contribution in [3.8, 4) is 5.75 Å². The second kappa shape index (κ2) is 25.9. The molecule has 1 spiro atoms. The van der Waals surface area contributed by atoms with Gasteiger partial charge in [0.1, 0.15) is 17.3 Å². The van der Waals surface area contributed by atoms with Gasteiger partial charge >= 0.3 is 5.97 Å². The lowest BCUT2D eigenvalue weighted by atomic mass is 9.46. The number of methoxy groups -OCH3 is 2. The lowest BCUT2D eigenvalue weighted by Gasteiger charge is -2.63. The third-order valence-electron chi connectivity index (χ3n) is 19.6. The summed E-state index contributed by atoms with van der Waals surface area (Å²) < 4.78 is 36.1. The average molecular weight is 1240 g/mol. The second-order valence-electron chi connectivity index (χ2n) is 26.0. The first kappa shape index (κ1) is 64.1. The number of azide groups is 1. The van der Waals surface area contributed by atoms with Crippen LogP contribution in [0.1, 0.15) is 80.3 Å². The van der Waals surface area contributed by atoms with Crippen molar-refractivity contribution in [1.82, 2.24) is 30.1 Å². The molecule has 5 aliphatic heterocycles. The Kier molecular flexibility index (Phi) is 19.3. The smallest absolute Gasteiger partial charge is 0.322 e. The number of anilines is 1. The number of aliphatic hydroxyl groups excluding tert-OH is 1. The van der Waals surface area contributed by atoms with E-state index in [9.17, 15) is 15.3 Å². The van der Waals surface area contributed by atoms with Crippen LogP contribution in [0.15, 0.2) is 71.2 Å². The number of H-pyrrole nitrogens is 1. The predicted molar refractivity (Wildman–Crippen MR) is 335 cm³/mol. The van der Waals surface area contributed by atoms with Crippen molar-refractivity contribution in [2.45, 2.75) is 143 Å². The normalized spacial score (nSPS) is 29.4. The number of amides is 1. The fourth-order valence-electron chi connectivity index (χ4n) is 16.3. The molecular weight excluding hydrogens is 1150 g/mol. The van der Waals surface area contributed by atoms with Crippen molar-refractivity contribution >= 4 is 56.9 Å². The standard InChI is InChI=1S/C62H90N10O11SSi2/c1-10-58(76)34-42-35-61(56(75)79-5,51-46(18-24-71(38-42)40-58)45-16-12-13-17-48(45)68-51)47-32-44(78-4)33-49-50(47)60-20-25-72-23-14-19-59(11-2,52(60)72)54(73)62(77,53(60)70(49)3)55(74)64-21-15-31-85(6,7)83-86(8,9)41-84-57-65-36-43(37-66-57)39-82-30-29-81-28-27-80-26-22-67-69-63/h12-14,16-17,19,32-33,36-37,42,52-54,68,73,76-77H,10-11,15,18,20-31,34-35,38-41H2,1-9H3,(H,64,74)/t42-,52-,53+,54+,58-,59+,60+,61?,62-/m0/s1. The first-order chi connectivity index (χ1) is 41.2. The van der Waals surface area contributed by atoms with Crippen molar-refractivity contribution in [2.24, 2.45) is 16.4 Å². The van der Waals surface area contributed by atoms with Gasteiger partial charge in [0.05, 0.1) is 65.5 Å². The third-order valence-corrected chi connectivity index (χ3v) is 29.4. The molecule has 5 N–H and O–H groups in total. The zero-order chi connectivity index (χ0) is 61.3. The number of para-hydroxylation sites is 1. The summed E-state index contributed by atoms with van der Waals surface area (Å²) >= 11 is 1.58. The topological polar surface area (TPSA) is 262 Å². The molecule has 21 nitrogen and oxygen atoms in total. The quantitative estimate of drug-likeness (QED) is 0.00481. The van der Waals surface area contributed by atoms with E-state index in [1.807, 2.05) is 50.1 Å². The Bertz CT molecular complexity index is 3170. The van der Waals surface area contributed by atoms with E-state index in [1.165, 1.54) is 7.11 Å². The lowest BCUT2D eigenvalue weighted by Crippen LogP contribution is -2.82. The van der Waals surface area contributed by atoms with Gasteiger partial charge in [-0.1, -0.05) is 61.1 Å². The van der Waals surface area contributed by atoms with Crippen LogP contribution in [0.3, 0.4) is 0 Å². The molecule has 2 bridgehead atoms. The van der Waals surface area contributed by atoms with Crippen LogP contribution < -0.4 is 15.0 Å². The fourth-order valence-corrected chi connectivity index (χ4v) is 26.6. The molecule has 6 aliphatic rings. The van der Waals surface area contributed by atoms with Gasteiger partial charge in [-0.25, -0.2) is 9.97 Å². The number of thioether (sulfide) groups is 1. The molecule has 10 rings (SSSR count). The molecule has 4 aromatic rings. The van der Waals surface area contributed by atoms with Gasteiger partial charge < -0.3 is 58.3 Å². The number of hydrogen-bond donors (Lipinski definition) is 5. The van der Waals surface area contributed by atoms with Crippen molar-refractivity contribution in [3.63, 3.8) is 0 Å². The number of nitrogens with one attached hydrogen (secondary N) is 2. The minimum absolute atomic E-state index is 0.140. The number of carbonyl (C=O) groups is 2. The van der Waals surface area contributed by atoms with Gasteiger partial charge in [0, 0.05) is 120 Å². The first-order valence-corrected chi connectivity index (χ1v) is 38.0. The zero-order valence-electron chi connectivity index (χ0n) is 51.7. The Balaban J connectivity index is 0.898. The fraction of sp³-hybridized carbons (Fsp3) is 0.645. The third kappa shape index (κ3) is 11.8.